The molecule has 0 aromatic rings. The normalized spacial score (nSPS) is 18.5. The fourth-order valence-electron chi connectivity index (χ4n) is 5.13. The molecule has 2 aliphatic heterocycles. The average molecular weight is 635 g/mol. The van der Waals surface area contributed by atoms with Gasteiger partial charge in [0.15, 0.2) is 0 Å². The van der Waals surface area contributed by atoms with Gasteiger partial charge in [0.25, 0.3) is 0 Å². The second kappa shape index (κ2) is 27.6. The number of hydrogen-bond donors (Lipinski definition) is 3. The zero-order valence-corrected chi connectivity index (χ0v) is 28.2. The lowest BCUT2D eigenvalue weighted by atomic mass is 10.1. The van der Waals surface area contributed by atoms with Crippen LogP contribution in [0.25, 0.3) is 0 Å². The molecule has 2 fully saturated rings. The Labute approximate surface area is 272 Å². The fourth-order valence-corrected chi connectivity index (χ4v) is 5.13. The standard InChI is InChI=1S/C18H31NO4.C18H31NO3/c1-2-3-4-5-6-7-8-9-10-11-15(20)14-17(21)19-16-12-13-23-18(16)22;1-2-3-4-5-6-7-8-9-10-11-12-13-17(20)19-16-14-15-22-18(16)21/h7-8,15-16,20H,2-6,9-14H2,1H3,(H,19,21);7-8,16H,2-6,9-15H2,1H3,(H,19,20)/b2*8-7-/t15?,16-;16-/m00/s1. The van der Waals surface area contributed by atoms with Crippen LogP contribution in [0.4, 0.5) is 0 Å². The summed E-state index contributed by atoms with van der Waals surface area (Å²) in [5, 5.41) is 15.2. The van der Waals surface area contributed by atoms with E-state index in [0.29, 0.717) is 38.9 Å². The lowest BCUT2D eigenvalue weighted by Crippen LogP contribution is -2.39. The van der Waals surface area contributed by atoms with E-state index in [2.05, 4.69) is 48.8 Å². The average Bonchev–Trinajstić information content (AvgIpc) is 3.61. The molecule has 0 aromatic carbocycles. The minimum absolute atomic E-state index is 0.0321. The maximum atomic E-state index is 11.7. The van der Waals surface area contributed by atoms with Gasteiger partial charge in [-0.2, -0.15) is 0 Å². The zero-order chi connectivity index (χ0) is 33.0. The van der Waals surface area contributed by atoms with Crippen LogP contribution in [0.3, 0.4) is 0 Å². The molecule has 9 heteroatoms. The van der Waals surface area contributed by atoms with Gasteiger partial charge in [-0.15, -0.1) is 0 Å². The molecule has 0 aliphatic carbocycles. The van der Waals surface area contributed by atoms with Gasteiger partial charge in [0, 0.05) is 19.3 Å². The number of aliphatic hydroxyl groups excluding tert-OH is 1. The Hall–Kier alpha value is -2.68. The summed E-state index contributed by atoms with van der Waals surface area (Å²) in [6.07, 6.45) is 29.2. The number of carbonyl (C=O) groups excluding carboxylic acids is 4. The van der Waals surface area contributed by atoms with Gasteiger partial charge in [-0.05, 0) is 64.2 Å². The highest BCUT2D eigenvalue weighted by atomic mass is 16.5. The number of esters is 2. The van der Waals surface area contributed by atoms with Crippen molar-refractivity contribution in [3.63, 3.8) is 0 Å². The summed E-state index contributed by atoms with van der Waals surface area (Å²) in [6.45, 7) is 5.22. The number of hydrogen-bond acceptors (Lipinski definition) is 7. The number of carbonyl (C=O) groups is 4. The van der Waals surface area contributed by atoms with E-state index < -0.39 is 18.2 Å². The first-order valence-electron chi connectivity index (χ1n) is 17.8. The molecule has 2 amide bonds. The molecule has 2 heterocycles. The first-order chi connectivity index (χ1) is 21.9. The van der Waals surface area contributed by atoms with Crippen molar-refractivity contribution in [1.82, 2.24) is 10.6 Å². The number of rotatable bonds is 24. The SMILES string of the molecule is CCCCCC/C=C\CCCC(O)CC(=O)N[C@H]1CCOC1=O.CCCCCC/C=C\CCCCCC(=O)N[C@H]1CCOC1=O. The summed E-state index contributed by atoms with van der Waals surface area (Å²) in [5.41, 5.74) is 0. The monoisotopic (exact) mass is 634 g/mol. The van der Waals surface area contributed by atoms with Crippen molar-refractivity contribution in [3.05, 3.63) is 24.3 Å². The molecule has 0 bridgehead atoms. The van der Waals surface area contributed by atoms with E-state index in [4.69, 9.17) is 9.47 Å². The van der Waals surface area contributed by atoms with Gasteiger partial charge in [0.2, 0.25) is 11.8 Å². The molecule has 0 radical (unpaired) electrons. The summed E-state index contributed by atoms with van der Waals surface area (Å²) in [7, 11) is 0. The molecule has 2 rings (SSSR count). The quantitative estimate of drug-likeness (QED) is 0.0607. The maximum absolute atomic E-state index is 11.7. The van der Waals surface area contributed by atoms with Gasteiger partial charge < -0.3 is 25.2 Å². The lowest BCUT2D eigenvalue weighted by Gasteiger charge is -2.12. The number of amides is 2. The molecular weight excluding hydrogens is 572 g/mol. The third-order valence-corrected chi connectivity index (χ3v) is 7.93. The predicted octanol–water partition coefficient (Wildman–Crippen LogP) is 6.76. The summed E-state index contributed by atoms with van der Waals surface area (Å²) < 4.78 is 9.60. The molecule has 3 atom stereocenters. The van der Waals surface area contributed by atoms with Gasteiger partial charge in [0.05, 0.1) is 25.7 Å². The minimum atomic E-state index is -0.648. The van der Waals surface area contributed by atoms with Crippen molar-refractivity contribution in [3.8, 4) is 0 Å². The van der Waals surface area contributed by atoms with Gasteiger partial charge in [-0.1, -0.05) is 83.1 Å². The lowest BCUT2D eigenvalue weighted by molar-refractivity contribution is -0.141. The first kappa shape index (κ1) is 40.3. The molecule has 2 saturated heterocycles. The van der Waals surface area contributed by atoms with Crippen LogP contribution < -0.4 is 10.6 Å². The van der Waals surface area contributed by atoms with Crippen LogP contribution in [0.1, 0.15) is 149 Å². The third kappa shape index (κ3) is 22.5. The van der Waals surface area contributed by atoms with Gasteiger partial charge >= 0.3 is 11.9 Å². The van der Waals surface area contributed by atoms with E-state index in [9.17, 15) is 24.3 Å². The number of cyclic esters (lactones) is 2. The second-order valence-corrected chi connectivity index (χ2v) is 12.2. The highest BCUT2D eigenvalue weighted by molar-refractivity contribution is 5.86. The highest BCUT2D eigenvalue weighted by Crippen LogP contribution is 2.11. The van der Waals surface area contributed by atoms with Crippen LogP contribution in [-0.2, 0) is 28.7 Å². The van der Waals surface area contributed by atoms with Crippen molar-refractivity contribution in [2.24, 2.45) is 0 Å². The predicted molar refractivity (Wildman–Crippen MR) is 178 cm³/mol. The molecule has 9 nitrogen and oxygen atoms in total. The van der Waals surface area contributed by atoms with Crippen LogP contribution in [-0.4, -0.2) is 60.3 Å². The molecule has 45 heavy (non-hydrogen) atoms. The van der Waals surface area contributed by atoms with Crippen molar-refractivity contribution in [2.45, 2.75) is 167 Å². The fraction of sp³-hybridized carbons (Fsp3) is 0.778. The minimum Gasteiger partial charge on any atom is -0.464 e. The molecule has 0 aromatic heterocycles. The Bertz CT molecular complexity index is 873. The molecule has 0 saturated carbocycles. The maximum Gasteiger partial charge on any atom is 0.328 e. The second-order valence-electron chi connectivity index (χ2n) is 12.2. The van der Waals surface area contributed by atoms with Crippen LogP contribution in [0.15, 0.2) is 24.3 Å². The molecule has 258 valence electrons. The van der Waals surface area contributed by atoms with Crippen molar-refractivity contribution in [1.29, 1.82) is 0 Å². The Kier molecular flexibility index (Phi) is 24.8. The summed E-state index contributed by atoms with van der Waals surface area (Å²) in [4.78, 5) is 45.9. The van der Waals surface area contributed by atoms with E-state index in [1.165, 1.54) is 57.8 Å². The largest absolute Gasteiger partial charge is 0.464 e. The van der Waals surface area contributed by atoms with Crippen LogP contribution in [0.5, 0.6) is 0 Å². The summed E-state index contributed by atoms with van der Waals surface area (Å²) in [5.74, 6) is -0.988. The number of aliphatic hydroxyl groups is 1. The van der Waals surface area contributed by atoms with Gasteiger partial charge in [0.1, 0.15) is 12.1 Å². The van der Waals surface area contributed by atoms with Crippen LogP contribution >= 0.6 is 0 Å². The van der Waals surface area contributed by atoms with Crippen molar-refractivity contribution < 1.29 is 33.8 Å². The molecule has 0 spiro atoms. The first-order valence-corrected chi connectivity index (χ1v) is 17.8. The molecule has 2 aliphatic rings. The Morgan fingerprint density at radius 3 is 1.58 bits per heavy atom. The van der Waals surface area contributed by atoms with E-state index >= 15 is 0 Å². The number of unbranched alkanes of at least 4 members (excludes halogenated alkanes) is 12. The van der Waals surface area contributed by atoms with E-state index in [-0.39, 0.29) is 30.2 Å². The van der Waals surface area contributed by atoms with Crippen LogP contribution in [0, 0.1) is 0 Å². The van der Waals surface area contributed by atoms with E-state index in [1.807, 2.05) is 0 Å². The molecular formula is C36H62N2O7. The van der Waals surface area contributed by atoms with E-state index in [1.54, 1.807) is 0 Å². The number of nitrogens with one attached hydrogen (secondary N) is 2. The zero-order valence-electron chi connectivity index (χ0n) is 28.2. The Balaban J connectivity index is 0.000000450. The van der Waals surface area contributed by atoms with Crippen molar-refractivity contribution in [2.75, 3.05) is 13.2 Å². The number of allylic oxidation sites excluding steroid dienone is 4. The van der Waals surface area contributed by atoms with Crippen LogP contribution in [0.2, 0.25) is 0 Å². The van der Waals surface area contributed by atoms with Gasteiger partial charge in [-0.25, -0.2) is 9.59 Å². The number of ether oxygens (including phenoxy) is 2. The molecule has 3 N–H and O–H groups in total. The Morgan fingerprint density at radius 1 is 0.689 bits per heavy atom. The topological polar surface area (TPSA) is 131 Å². The van der Waals surface area contributed by atoms with Crippen molar-refractivity contribution >= 4 is 23.8 Å². The smallest absolute Gasteiger partial charge is 0.328 e. The van der Waals surface area contributed by atoms with E-state index in [0.717, 1.165) is 44.9 Å². The third-order valence-electron chi connectivity index (χ3n) is 7.93. The summed E-state index contributed by atoms with van der Waals surface area (Å²) >= 11 is 0. The summed E-state index contributed by atoms with van der Waals surface area (Å²) in [6, 6.07) is -0.950. The Morgan fingerprint density at radius 2 is 1.13 bits per heavy atom. The van der Waals surface area contributed by atoms with Gasteiger partial charge in [-0.3, -0.25) is 9.59 Å². The highest BCUT2D eigenvalue weighted by Gasteiger charge is 2.28. The molecule has 1 unspecified atom stereocenters.